The predicted molar refractivity (Wildman–Crippen MR) is 85.1 cm³/mol. The van der Waals surface area contributed by atoms with E-state index in [1.165, 1.54) is 6.07 Å². The second kappa shape index (κ2) is 4.99. The van der Waals surface area contributed by atoms with Crippen LogP contribution in [0.4, 0.5) is 10.1 Å². The molecule has 116 valence electrons. The summed E-state index contributed by atoms with van der Waals surface area (Å²) in [6.07, 6.45) is -0.808. The minimum absolute atomic E-state index is 0.0523. The molecule has 4 nitrogen and oxygen atoms in total. The van der Waals surface area contributed by atoms with Crippen molar-refractivity contribution in [2.75, 3.05) is 4.90 Å². The Morgan fingerprint density at radius 3 is 2.70 bits per heavy atom. The molecule has 23 heavy (non-hydrogen) atoms. The van der Waals surface area contributed by atoms with Gasteiger partial charge in [0.05, 0.1) is 11.4 Å². The van der Waals surface area contributed by atoms with Crippen molar-refractivity contribution in [2.45, 2.75) is 25.6 Å². The SMILES string of the molecule is CC1Cc2cccc3c2N1C(=O)C(O)N=C3c1ccccc1F. The molecule has 0 saturated carbocycles. The average Bonchev–Trinajstić information content (AvgIpc) is 2.82. The normalized spacial score (nSPS) is 22.7. The lowest BCUT2D eigenvalue weighted by Crippen LogP contribution is -2.41. The first-order valence-corrected chi connectivity index (χ1v) is 7.54. The van der Waals surface area contributed by atoms with Crippen molar-refractivity contribution < 1.29 is 14.3 Å². The standard InChI is InChI=1S/C18H15FN2O2/c1-10-9-11-5-4-7-13-15(12-6-2-3-8-14(12)19)20-17(22)18(23)21(10)16(11)13/h2-8,10,17,22H,9H2,1H3. The Labute approximate surface area is 132 Å². The second-order valence-electron chi connectivity index (χ2n) is 5.91. The molecule has 0 radical (unpaired) electrons. The van der Waals surface area contributed by atoms with E-state index in [-0.39, 0.29) is 11.6 Å². The van der Waals surface area contributed by atoms with Crippen molar-refractivity contribution in [3.05, 3.63) is 65.0 Å². The maximum absolute atomic E-state index is 14.3. The summed E-state index contributed by atoms with van der Waals surface area (Å²) in [5.41, 5.74) is 3.04. The smallest absolute Gasteiger partial charge is 0.279 e. The van der Waals surface area contributed by atoms with Crippen LogP contribution >= 0.6 is 0 Å². The third kappa shape index (κ3) is 2.00. The third-order valence-corrected chi connectivity index (χ3v) is 4.41. The number of carbonyl (C=O) groups excluding carboxylic acids is 1. The summed E-state index contributed by atoms with van der Waals surface area (Å²) >= 11 is 0. The molecular formula is C18H15FN2O2. The van der Waals surface area contributed by atoms with Crippen LogP contribution < -0.4 is 4.90 Å². The summed E-state index contributed by atoms with van der Waals surface area (Å²) in [7, 11) is 0. The first kappa shape index (κ1) is 14.1. The Balaban J connectivity index is 2.01. The van der Waals surface area contributed by atoms with E-state index < -0.39 is 18.0 Å². The fourth-order valence-electron chi connectivity index (χ4n) is 3.43. The van der Waals surface area contributed by atoms with Gasteiger partial charge in [0, 0.05) is 17.2 Å². The van der Waals surface area contributed by atoms with E-state index in [4.69, 9.17) is 0 Å². The highest BCUT2D eigenvalue weighted by Crippen LogP contribution is 2.39. The van der Waals surface area contributed by atoms with E-state index in [1.807, 2.05) is 25.1 Å². The molecule has 2 atom stereocenters. The van der Waals surface area contributed by atoms with Gasteiger partial charge in [-0.05, 0) is 31.0 Å². The van der Waals surface area contributed by atoms with Crippen LogP contribution in [-0.4, -0.2) is 29.0 Å². The van der Waals surface area contributed by atoms with E-state index in [0.717, 1.165) is 11.3 Å². The fourth-order valence-corrected chi connectivity index (χ4v) is 3.43. The Hall–Kier alpha value is -2.53. The molecule has 1 N–H and O–H groups in total. The largest absolute Gasteiger partial charge is 0.364 e. The van der Waals surface area contributed by atoms with Gasteiger partial charge in [0.25, 0.3) is 5.91 Å². The van der Waals surface area contributed by atoms with Crippen molar-refractivity contribution in [1.82, 2.24) is 0 Å². The predicted octanol–water partition coefficient (Wildman–Crippen LogP) is 2.27. The van der Waals surface area contributed by atoms with Crippen LogP contribution in [0.5, 0.6) is 0 Å². The van der Waals surface area contributed by atoms with Gasteiger partial charge in [0.2, 0.25) is 6.23 Å². The topological polar surface area (TPSA) is 52.9 Å². The van der Waals surface area contributed by atoms with E-state index in [9.17, 15) is 14.3 Å². The number of aliphatic hydroxyl groups excluding tert-OH is 1. The molecule has 0 spiro atoms. The van der Waals surface area contributed by atoms with Gasteiger partial charge in [-0.2, -0.15) is 0 Å². The molecule has 1 amide bonds. The van der Waals surface area contributed by atoms with Gasteiger partial charge in [-0.15, -0.1) is 0 Å². The minimum Gasteiger partial charge on any atom is -0.364 e. The van der Waals surface area contributed by atoms with Gasteiger partial charge in [-0.25, -0.2) is 9.38 Å². The number of hydrogen-bond donors (Lipinski definition) is 1. The fraction of sp³-hybridized carbons (Fsp3) is 0.222. The zero-order valence-corrected chi connectivity index (χ0v) is 12.5. The zero-order chi connectivity index (χ0) is 16.1. The lowest BCUT2D eigenvalue weighted by molar-refractivity contribution is -0.126. The highest BCUT2D eigenvalue weighted by molar-refractivity contribution is 6.20. The van der Waals surface area contributed by atoms with E-state index in [1.54, 1.807) is 23.1 Å². The summed E-state index contributed by atoms with van der Waals surface area (Å²) in [6.45, 7) is 1.93. The number of hydrogen-bond acceptors (Lipinski definition) is 3. The van der Waals surface area contributed by atoms with Gasteiger partial charge in [-0.3, -0.25) is 4.79 Å². The lowest BCUT2D eigenvalue weighted by atomic mass is 9.97. The van der Waals surface area contributed by atoms with Gasteiger partial charge in [0.1, 0.15) is 5.82 Å². The monoisotopic (exact) mass is 310 g/mol. The summed E-state index contributed by atoms with van der Waals surface area (Å²) in [4.78, 5) is 18.2. The summed E-state index contributed by atoms with van der Waals surface area (Å²) in [5.74, 6) is -0.891. The molecule has 2 aromatic carbocycles. The molecule has 2 aliphatic heterocycles. The Kier molecular flexibility index (Phi) is 3.06. The number of halogens is 1. The van der Waals surface area contributed by atoms with Crippen molar-refractivity contribution >= 4 is 17.3 Å². The zero-order valence-electron chi connectivity index (χ0n) is 12.5. The summed E-state index contributed by atoms with van der Waals surface area (Å²) < 4.78 is 14.3. The Morgan fingerprint density at radius 1 is 1.17 bits per heavy atom. The van der Waals surface area contributed by atoms with Gasteiger partial charge >= 0.3 is 0 Å². The maximum atomic E-state index is 14.3. The number of rotatable bonds is 1. The Morgan fingerprint density at radius 2 is 1.91 bits per heavy atom. The van der Waals surface area contributed by atoms with E-state index in [0.29, 0.717) is 17.7 Å². The van der Waals surface area contributed by atoms with Crippen LogP contribution in [0.15, 0.2) is 47.5 Å². The molecule has 0 bridgehead atoms. The van der Waals surface area contributed by atoms with Crippen LogP contribution in [0.3, 0.4) is 0 Å². The van der Waals surface area contributed by atoms with Crippen LogP contribution in [0, 0.1) is 5.82 Å². The van der Waals surface area contributed by atoms with Crippen LogP contribution in [-0.2, 0) is 11.2 Å². The maximum Gasteiger partial charge on any atom is 0.279 e. The number of carbonyl (C=O) groups is 1. The van der Waals surface area contributed by atoms with Crippen LogP contribution in [0.25, 0.3) is 0 Å². The molecule has 2 heterocycles. The van der Waals surface area contributed by atoms with Crippen LogP contribution in [0.1, 0.15) is 23.6 Å². The summed E-state index contributed by atoms with van der Waals surface area (Å²) in [6, 6.07) is 11.9. The number of nitrogens with zero attached hydrogens (tertiary/aromatic N) is 2. The molecule has 2 aromatic rings. The molecular weight excluding hydrogens is 295 g/mol. The third-order valence-electron chi connectivity index (χ3n) is 4.41. The Bertz CT molecular complexity index is 847. The first-order chi connectivity index (χ1) is 11.1. The number of benzene rings is 2. The van der Waals surface area contributed by atoms with Crippen molar-refractivity contribution in [1.29, 1.82) is 0 Å². The molecule has 2 unspecified atom stereocenters. The molecule has 0 aromatic heterocycles. The first-order valence-electron chi connectivity index (χ1n) is 7.54. The number of anilines is 1. The van der Waals surface area contributed by atoms with Crippen molar-refractivity contribution in [2.24, 2.45) is 4.99 Å². The molecule has 5 heteroatoms. The number of amides is 1. The van der Waals surface area contributed by atoms with Crippen molar-refractivity contribution in [3.63, 3.8) is 0 Å². The van der Waals surface area contributed by atoms with Crippen LogP contribution in [0.2, 0.25) is 0 Å². The van der Waals surface area contributed by atoms with E-state index in [2.05, 4.69) is 4.99 Å². The van der Waals surface area contributed by atoms with Gasteiger partial charge in [-0.1, -0.05) is 30.3 Å². The van der Waals surface area contributed by atoms with Gasteiger partial charge in [0.15, 0.2) is 0 Å². The minimum atomic E-state index is -1.52. The second-order valence-corrected chi connectivity index (χ2v) is 5.91. The molecule has 4 rings (SSSR count). The number of aliphatic hydroxyl groups is 1. The van der Waals surface area contributed by atoms with Gasteiger partial charge < -0.3 is 10.0 Å². The lowest BCUT2D eigenvalue weighted by Gasteiger charge is -2.23. The summed E-state index contributed by atoms with van der Waals surface area (Å²) in [5, 5.41) is 10.2. The number of aliphatic imine (C=N–C) groups is 1. The molecule has 0 saturated heterocycles. The average molecular weight is 310 g/mol. The highest BCUT2D eigenvalue weighted by atomic mass is 19.1. The molecule has 0 aliphatic carbocycles. The quantitative estimate of drug-likeness (QED) is 0.878. The highest BCUT2D eigenvalue weighted by Gasteiger charge is 2.39. The number of para-hydroxylation sites is 1. The van der Waals surface area contributed by atoms with E-state index >= 15 is 0 Å². The van der Waals surface area contributed by atoms with Crippen molar-refractivity contribution in [3.8, 4) is 0 Å². The molecule has 2 aliphatic rings. The molecule has 0 fully saturated rings.